The molecule has 1 heterocycles. The van der Waals surface area contributed by atoms with Gasteiger partial charge in [0, 0.05) is 17.1 Å². The van der Waals surface area contributed by atoms with E-state index >= 15 is 0 Å². The fraction of sp³-hybridized carbons (Fsp3) is 0.190. The molecule has 0 radical (unpaired) electrons. The van der Waals surface area contributed by atoms with Crippen molar-refractivity contribution in [2.45, 2.75) is 30.7 Å². The Labute approximate surface area is 176 Å². The van der Waals surface area contributed by atoms with E-state index in [2.05, 4.69) is 26.3 Å². The van der Waals surface area contributed by atoms with Crippen molar-refractivity contribution >= 4 is 33.6 Å². The number of amides is 1. The van der Waals surface area contributed by atoms with Gasteiger partial charge in [0.2, 0.25) is 5.91 Å². The lowest BCUT2D eigenvalue weighted by Gasteiger charge is -2.13. The average molecular weight is 458 g/mol. The first-order valence-electron chi connectivity index (χ1n) is 8.78. The molecule has 3 aromatic rings. The summed E-state index contributed by atoms with van der Waals surface area (Å²) >= 11 is 4.74. The van der Waals surface area contributed by atoms with Gasteiger partial charge in [0.25, 0.3) is 5.56 Å². The second kappa shape index (κ2) is 9.21. The highest BCUT2D eigenvalue weighted by atomic mass is 79.9. The lowest BCUT2D eigenvalue weighted by atomic mass is 10.2. The Morgan fingerprint density at radius 2 is 1.93 bits per heavy atom. The van der Waals surface area contributed by atoms with Crippen molar-refractivity contribution < 1.29 is 4.79 Å². The molecule has 1 amide bonds. The molecule has 0 saturated heterocycles. The van der Waals surface area contributed by atoms with Crippen LogP contribution in [0.25, 0.3) is 5.69 Å². The zero-order valence-electron chi connectivity index (χ0n) is 15.6. The molecular formula is C21H20BrN3O2S. The molecule has 0 aliphatic rings. The Kier molecular flexibility index (Phi) is 6.70. The molecule has 1 unspecified atom stereocenters. The number of carbonyl (C=O) groups excluding carboxylic acids is 1. The number of aromatic nitrogens is 2. The van der Waals surface area contributed by atoms with Gasteiger partial charge in [0.05, 0.1) is 10.9 Å². The highest BCUT2D eigenvalue weighted by molar-refractivity contribution is 9.10. The molecule has 0 fully saturated rings. The van der Waals surface area contributed by atoms with E-state index in [9.17, 15) is 9.59 Å². The summed E-state index contributed by atoms with van der Waals surface area (Å²) in [6.45, 7) is 4.27. The van der Waals surface area contributed by atoms with Crippen LogP contribution >= 0.6 is 27.7 Å². The van der Waals surface area contributed by atoms with Crippen molar-refractivity contribution in [1.82, 2.24) is 15.1 Å². The van der Waals surface area contributed by atoms with Crippen LogP contribution in [-0.2, 0) is 11.3 Å². The summed E-state index contributed by atoms with van der Waals surface area (Å²) in [5.41, 5.74) is 2.62. The van der Waals surface area contributed by atoms with Gasteiger partial charge in [-0.25, -0.2) is 0 Å². The minimum Gasteiger partial charge on any atom is -0.351 e. The number of hydrogen-bond acceptors (Lipinski definition) is 4. The first-order chi connectivity index (χ1) is 13.4. The van der Waals surface area contributed by atoms with Gasteiger partial charge < -0.3 is 5.32 Å². The van der Waals surface area contributed by atoms with Crippen molar-refractivity contribution in [2.75, 3.05) is 0 Å². The average Bonchev–Trinajstić information content (AvgIpc) is 2.68. The van der Waals surface area contributed by atoms with Gasteiger partial charge in [-0.2, -0.15) is 9.78 Å². The fourth-order valence-electron chi connectivity index (χ4n) is 2.54. The number of carbonyl (C=O) groups is 1. The van der Waals surface area contributed by atoms with E-state index in [1.54, 1.807) is 6.07 Å². The molecule has 0 aliphatic heterocycles. The zero-order chi connectivity index (χ0) is 20.1. The van der Waals surface area contributed by atoms with Crippen molar-refractivity contribution in [1.29, 1.82) is 0 Å². The topological polar surface area (TPSA) is 64.0 Å². The third-order valence-corrected chi connectivity index (χ3v) is 5.60. The summed E-state index contributed by atoms with van der Waals surface area (Å²) in [7, 11) is 0. The van der Waals surface area contributed by atoms with Gasteiger partial charge in [-0.3, -0.25) is 9.59 Å². The summed E-state index contributed by atoms with van der Waals surface area (Å²) in [5, 5.41) is 7.61. The number of aryl methyl sites for hydroxylation is 1. The standard InChI is InChI=1S/C21H20BrN3O2S/c1-14-6-8-18(9-7-14)25-20(26)11-10-19(24-25)28-15(2)21(27)23-13-16-4-3-5-17(22)12-16/h3-12,15H,13H2,1-2H3,(H,23,27). The lowest BCUT2D eigenvalue weighted by Crippen LogP contribution is -2.30. The second-order valence-corrected chi connectivity index (χ2v) is 8.64. The minimum atomic E-state index is -0.344. The predicted molar refractivity (Wildman–Crippen MR) is 116 cm³/mol. The second-order valence-electron chi connectivity index (χ2n) is 6.36. The monoisotopic (exact) mass is 457 g/mol. The quantitative estimate of drug-likeness (QED) is 0.565. The Morgan fingerprint density at radius 1 is 1.18 bits per heavy atom. The van der Waals surface area contributed by atoms with E-state index in [1.165, 1.54) is 22.5 Å². The minimum absolute atomic E-state index is 0.0835. The van der Waals surface area contributed by atoms with Crippen LogP contribution in [0.5, 0.6) is 0 Å². The lowest BCUT2D eigenvalue weighted by molar-refractivity contribution is -0.120. The summed E-state index contributed by atoms with van der Waals surface area (Å²) in [4.78, 5) is 24.6. The molecule has 2 aromatic carbocycles. The normalized spacial score (nSPS) is 11.8. The van der Waals surface area contributed by atoms with Crippen molar-refractivity contribution in [3.8, 4) is 5.69 Å². The summed E-state index contributed by atoms with van der Waals surface area (Å²) in [5.74, 6) is -0.0835. The first-order valence-corrected chi connectivity index (χ1v) is 10.5. The molecule has 0 spiro atoms. The molecule has 0 saturated carbocycles. The highest BCUT2D eigenvalue weighted by Crippen LogP contribution is 2.21. The Hall–Kier alpha value is -2.38. The van der Waals surface area contributed by atoms with Gasteiger partial charge in [0.15, 0.2) is 0 Å². The summed E-state index contributed by atoms with van der Waals surface area (Å²) < 4.78 is 2.33. The number of hydrogen-bond donors (Lipinski definition) is 1. The fourth-order valence-corrected chi connectivity index (χ4v) is 3.82. The van der Waals surface area contributed by atoms with Crippen LogP contribution in [0.2, 0.25) is 0 Å². The molecular weight excluding hydrogens is 438 g/mol. The van der Waals surface area contributed by atoms with Crippen LogP contribution in [-0.4, -0.2) is 20.9 Å². The third-order valence-electron chi connectivity index (χ3n) is 4.08. The van der Waals surface area contributed by atoms with Crippen molar-refractivity contribution in [3.63, 3.8) is 0 Å². The van der Waals surface area contributed by atoms with Crippen molar-refractivity contribution in [2.24, 2.45) is 0 Å². The molecule has 144 valence electrons. The number of nitrogens with one attached hydrogen (secondary N) is 1. The van der Waals surface area contributed by atoms with Crippen LogP contribution < -0.4 is 10.9 Å². The maximum Gasteiger partial charge on any atom is 0.271 e. The van der Waals surface area contributed by atoms with E-state index in [1.807, 2.05) is 62.4 Å². The van der Waals surface area contributed by atoms with Gasteiger partial charge in [-0.05, 0) is 49.7 Å². The zero-order valence-corrected chi connectivity index (χ0v) is 18.0. The predicted octanol–water partition coefficient (Wildman–Crippen LogP) is 4.10. The van der Waals surface area contributed by atoms with Gasteiger partial charge in [-0.15, -0.1) is 0 Å². The van der Waals surface area contributed by atoms with E-state index in [4.69, 9.17) is 0 Å². The van der Waals surface area contributed by atoms with E-state index in [-0.39, 0.29) is 16.7 Å². The van der Waals surface area contributed by atoms with Gasteiger partial charge in [-0.1, -0.05) is 57.5 Å². The van der Waals surface area contributed by atoms with Crippen LogP contribution in [0.4, 0.5) is 0 Å². The van der Waals surface area contributed by atoms with E-state index in [0.29, 0.717) is 17.3 Å². The number of nitrogens with zero attached hydrogens (tertiary/aromatic N) is 2. The molecule has 1 aromatic heterocycles. The molecule has 1 N–H and O–H groups in total. The first kappa shape index (κ1) is 20.4. The van der Waals surface area contributed by atoms with E-state index < -0.39 is 0 Å². The number of benzene rings is 2. The van der Waals surface area contributed by atoms with Crippen LogP contribution in [0.15, 0.2) is 75.0 Å². The third kappa shape index (κ3) is 5.33. The molecule has 1 atom stereocenters. The maximum absolute atomic E-state index is 12.4. The van der Waals surface area contributed by atoms with Crippen LogP contribution in [0.3, 0.4) is 0 Å². The smallest absolute Gasteiger partial charge is 0.271 e. The van der Waals surface area contributed by atoms with Crippen molar-refractivity contribution in [3.05, 3.63) is 86.6 Å². The Morgan fingerprint density at radius 3 is 2.64 bits per heavy atom. The van der Waals surface area contributed by atoms with E-state index in [0.717, 1.165) is 15.6 Å². The number of rotatable bonds is 6. The number of halogens is 1. The van der Waals surface area contributed by atoms with Gasteiger partial charge >= 0.3 is 0 Å². The molecule has 7 heteroatoms. The molecule has 28 heavy (non-hydrogen) atoms. The molecule has 3 rings (SSSR count). The number of thioether (sulfide) groups is 1. The molecule has 0 bridgehead atoms. The summed E-state index contributed by atoms with van der Waals surface area (Å²) in [6.07, 6.45) is 0. The van der Waals surface area contributed by atoms with Crippen LogP contribution in [0, 0.1) is 6.92 Å². The Bertz CT molecular complexity index is 1030. The Balaban J connectivity index is 1.67. The molecule has 0 aliphatic carbocycles. The van der Waals surface area contributed by atoms with Gasteiger partial charge in [0.1, 0.15) is 5.03 Å². The largest absolute Gasteiger partial charge is 0.351 e. The summed E-state index contributed by atoms with van der Waals surface area (Å²) in [6, 6.07) is 18.5. The van der Waals surface area contributed by atoms with Crippen LogP contribution in [0.1, 0.15) is 18.1 Å². The molecule has 5 nitrogen and oxygen atoms in total. The maximum atomic E-state index is 12.4. The highest BCUT2D eigenvalue weighted by Gasteiger charge is 2.16. The SMILES string of the molecule is Cc1ccc(-n2nc(SC(C)C(=O)NCc3cccc(Br)c3)ccc2=O)cc1.